The second kappa shape index (κ2) is 5.95. The molecule has 0 radical (unpaired) electrons. The Morgan fingerprint density at radius 3 is 2.74 bits per heavy atom. The van der Waals surface area contributed by atoms with Crippen molar-refractivity contribution in [3.05, 3.63) is 42.4 Å². The number of nitrogens with zero attached hydrogens (tertiary/aromatic N) is 2. The van der Waals surface area contributed by atoms with E-state index < -0.39 is 5.97 Å². The summed E-state index contributed by atoms with van der Waals surface area (Å²) in [6.45, 7) is 2.07. The number of hydrogen-bond donors (Lipinski definition) is 0. The van der Waals surface area contributed by atoms with Gasteiger partial charge in [0.05, 0.1) is 13.7 Å². The first-order valence-corrected chi connectivity index (χ1v) is 5.88. The van der Waals surface area contributed by atoms with Crippen molar-refractivity contribution < 1.29 is 14.3 Å². The number of ether oxygens (including phenoxy) is 2. The predicted molar refractivity (Wildman–Crippen MR) is 70.0 cm³/mol. The molecule has 2 rings (SSSR count). The van der Waals surface area contributed by atoms with Crippen LogP contribution in [0.25, 0.3) is 11.1 Å². The number of methoxy groups -OCH3 is 1. The summed E-state index contributed by atoms with van der Waals surface area (Å²) in [5.74, 6) is 0.0826. The molecule has 0 saturated carbocycles. The van der Waals surface area contributed by atoms with Gasteiger partial charge in [-0.25, -0.2) is 14.8 Å². The highest BCUT2D eigenvalue weighted by Crippen LogP contribution is 2.23. The van der Waals surface area contributed by atoms with Gasteiger partial charge in [0.15, 0.2) is 5.69 Å². The van der Waals surface area contributed by atoms with E-state index in [0.717, 1.165) is 5.56 Å². The Kier molecular flexibility index (Phi) is 4.07. The minimum atomic E-state index is -0.436. The van der Waals surface area contributed by atoms with E-state index in [1.54, 1.807) is 38.6 Å². The fraction of sp³-hybridized carbons (Fsp3) is 0.214. The first kappa shape index (κ1) is 13.0. The van der Waals surface area contributed by atoms with E-state index in [4.69, 9.17) is 9.47 Å². The molecule has 2 aromatic heterocycles. The van der Waals surface area contributed by atoms with Crippen molar-refractivity contribution >= 4 is 5.97 Å². The van der Waals surface area contributed by atoms with Crippen LogP contribution in [0.4, 0.5) is 0 Å². The maximum Gasteiger partial charge on any atom is 0.357 e. The number of hydrogen-bond acceptors (Lipinski definition) is 5. The highest BCUT2D eigenvalue weighted by Gasteiger charge is 2.15. The summed E-state index contributed by atoms with van der Waals surface area (Å²) in [4.78, 5) is 20.0. The van der Waals surface area contributed by atoms with Crippen LogP contribution in [-0.2, 0) is 4.74 Å². The van der Waals surface area contributed by atoms with Crippen LogP contribution < -0.4 is 4.74 Å². The number of rotatable bonds is 4. The van der Waals surface area contributed by atoms with E-state index in [2.05, 4.69) is 9.97 Å². The molecule has 0 atom stereocenters. The Morgan fingerprint density at radius 1 is 1.26 bits per heavy atom. The lowest BCUT2D eigenvalue weighted by atomic mass is 10.1. The molecule has 0 aliphatic rings. The lowest BCUT2D eigenvalue weighted by Gasteiger charge is -2.08. The standard InChI is InChI=1S/C14H14N2O3/c1-3-19-14(17)13-11(5-4-8-15-13)10-6-7-12(18-2)16-9-10/h4-9H,3H2,1-2H3. The van der Waals surface area contributed by atoms with Gasteiger partial charge in [0.25, 0.3) is 0 Å². The molecule has 19 heavy (non-hydrogen) atoms. The van der Waals surface area contributed by atoms with Gasteiger partial charge in [-0.2, -0.15) is 0 Å². The second-order valence-electron chi connectivity index (χ2n) is 3.71. The maximum atomic E-state index is 11.8. The van der Waals surface area contributed by atoms with Gasteiger partial charge in [-0.3, -0.25) is 0 Å². The van der Waals surface area contributed by atoms with Crippen LogP contribution in [0, 0.1) is 0 Å². The van der Waals surface area contributed by atoms with Crippen LogP contribution in [0.5, 0.6) is 5.88 Å². The Hall–Kier alpha value is -2.43. The van der Waals surface area contributed by atoms with Crippen LogP contribution in [0.3, 0.4) is 0 Å². The van der Waals surface area contributed by atoms with Crippen molar-refractivity contribution in [3.8, 4) is 17.0 Å². The van der Waals surface area contributed by atoms with Gasteiger partial charge < -0.3 is 9.47 Å². The van der Waals surface area contributed by atoms with Gasteiger partial charge in [-0.1, -0.05) is 6.07 Å². The van der Waals surface area contributed by atoms with Crippen LogP contribution in [0.2, 0.25) is 0 Å². The van der Waals surface area contributed by atoms with E-state index >= 15 is 0 Å². The fourth-order valence-electron chi connectivity index (χ4n) is 1.66. The third-order valence-electron chi connectivity index (χ3n) is 2.53. The van der Waals surface area contributed by atoms with Gasteiger partial charge in [0.1, 0.15) is 0 Å². The van der Waals surface area contributed by atoms with Crippen molar-refractivity contribution in [1.29, 1.82) is 0 Å². The lowest BCUT2D eigenvalue weighted by molar-refractivity contribution is 0.0520. The molecule has 0 fully saturated rings. The molecule has 0 aliphatic carbocycles. The molecule has 2 aromatic rings. The number of esters is 1. The van der Waals surface area contributed by atoms with Gasteiger partial charge >= 0.3 is 5.97 Å². The van der Waals surface area contributed by atoms with Crippen molar-refractivity contribution in [2.24, 2.45) is 0 Å². The van der Waals surface area contributed by atoms with E-state index in [1.807, 2.05) is 12.1 Å². The zero-order valence-electron chi connectivity index (χ0n) is 10.8. The summed E-state index contributed by atoms with van der Waals surface area (Å²) >= 11 is 0. The maximum absolute atomic E-state index is 11.8. The Labute approximate surface area is 111 Å². The molecule has 0 aromatic carbocycles. The predicted octanol–water partition coefficient (Wildman–Crippen LogP) is 2.33. The molecule has 98 valence electrons. The highest BCUT2D eigenvalue weighted by molar-refractivity contribution is 5.95. The normalized spacial score (nSPS) is 10.0. The molecule has 0 unspecified atom stereocenters. The van der Waals surface area contributed by atoms with Crippen LogP contribution in [0.1, 0.15) is 17.4 Å². The van der Waals surface area contributed by atoms with Gasteiger partial charge in [-0.15, -0.1) is 0 Å². The molecule has 0 N–H and O–H groups in total. The number of pyridine rings is 2. The average Bonchev–Trinajstić information content (AvgIpc) is 2.47. The summed E-state index contributed by atoms with van der Waals surface area (Å²) in [5, 5.41) is 0. The number of carbonyl (C=O) groups excluding carboxylic acids is 1. The van der Waals surface area contributed by atoms with E-state index in [1.165, 1.54) is 0 Å². The first-order valence-electron chi connectivity index (χ1n) is 5.88. The average molecular weight is 258 g/mol. The molecule has 0 aliphatic heterocycles. The minimum absolute atomic E-state index is 0.288. The van der Waals surface area contributed by atoms with Crippen molar-refractivity contribution in [3.63, 3.8) is 0 Å². The summed E-state index contributed by atoms with van der Waals surface area (Å²) in [6.07, 6.45) is 3.20. The number of carbonyl (C=O) groups is 1. The molecule has 0 amide bonds. The zero-order chi connectivity index (χ0) is 13.7. The molecular formula is C14H14N2O3. The summed E-state index contributed by atoms with van der Waals surface area (Å²) in [5.41, 5.74) is 1.77. The lowest BCUT2D eigenvalue weighted by Crippen LogP contribution is -2.08. The van der Waals surface area contributed by atoms with Gasteiger partial charge in [0.2, 0.25) is 5.88 Å². The fourth-order valence-corrected chi connectivity index (χ4v) is 1.66. The van der Waals surface area contributed by atoms with Crippen molar-refractivity contribution in [1.82, 2.24) is 9.97 Å². The van der Waals surface area contributed by atoms with E-state index in [-0.39, 0.29) is 5.69 Å². The Bertz CT molecular complexity index is 567. The molecule has 0 saturated heterocycles. The SMILES string of the molecule is CCOC(=O)c1ncccc1-c1ccc(OC)nc1. The van der Waals surface area contributed by atoms with Crippen LogP contribution >= 0.6 is 0 Å². The quantitative estimate of drug-likeness (QED) is 0.788. The van der Waals surface area contributed by atoms with Crippen molar-refractivity contribution in [2.75, 3.05) is 13.7 Å². The first-order chi connectivity index (χ1) is 9.26. The highest BCUT2D eigenvalue weighted by atomic mass is 16.5. The second-order valence-corrected chi connectivity index (χ2v) is 3.71. The topological polar surface area (TPSA) is 61.3 Å². The van der Waals surface area contributed by atoms with E-state index in [0.29, 0.717) is 18.1 Å². The molecular weight excluding hydrogens is 244 g/mol. The van der Waals surface area contributed by atoms with E-state index in [9.17, 15) is 4.79 Å². The Balaban J connectivity index is 2.40. The smallest absolute Gasteiger partial charge is 0.357 e. The third kappa shape index (κ3) is 2.88. The summed E-state index contributed by atoms with van der Waals surface area (Å²) in [6, 6.07) is 7.13. The molecule has 5 heteroatoms. The van der Waals surface area contributed by atoms with Crippen LogP contribution in [-0.4, -0.2) is 29.7 Å². The third-order valence-corrected chi connectivity index (χ3v) is 2.53. The summed E-state index contributed by atoms with van der Waals surface area (Å²) < 4.78 is 9.99. The van der Waals surface area contributed by atoms with Crippen LogP contribution in [0.15, 0.2) is 36.7 Å². The largest absolute Gasteiger partial charge is 0.481 e. The molecule has 2 heterocycles. The van der Waals surface area contributed by atoms with Gasteiger partial charge in [-0.05, 0) is 19.1 Å². The minimum Gasteiger partial charge on any atom is -0.481 e. The zero-order valence-corrected chi connectivity index (χ0v) is 10.8. The van der Waals surface area contributed by atoms with Crippen molar-refractivity contribution in [2.45, 2.75) is 6.92 Å². The summed E-state index contributed by atoms with van der Waals surface area (Å²) in [7, 11) is 1.55. The number of aromatic nitrogens is 2. The van der Waals surface area contributed by atoms with Gasteiger partial charge in [0, 0.05) is 29.6 Å². The molecule has 5 nitrogen and oxygen atoms in total. The molecule has 0 bridgehead atoms. The molecule has 0 spiro atoms. The monoisotopic (exact) mass is 258 g/mol. The Morgan fingerprint density at radius 2 is 2.11 bits per heavy atom.